The minimum Gasteiger partial charge on any atom is -0.465 e. The second kappa shape index (κ2) is 7.43. The van der Waals surface area contributed by atoms with Gasteiger partial charge in [-0.15, -0.1) is 0 Å². The number of benzene rings is 2. The fourth-order valence-electron chi connectivity index (χ4n) is 1.74. The highest BCUT2D eigenvalue weighted by atomic mass is 35.5. The van der Waals surface area contributed by atoms with Gasteiger partial charge >= 0.3 is 5.97 Å². The summed E-state index contributed by atoms with van der Waals surface area (Å²) in [5.74, 6) is -0.518. The van der Waals surface area contributed by atoms with E-state index in [0.717, 1.165) is 5.69 Å². The topological polar surface area (TPSA) is 55.4 Å². The van der Waals surface area contributed by atoms with Crippen LogP contribution < -0.4 is 5.32 Å². The summed E-state index contributed by atoms with van der Waals surface area (Å²) >= 11 is 5.77. The number of carbonyl (C=O) groups is 2. The van der Waals surface area contributed by atoms with Crippen LogP contribution in [0.2, 0.25) is 5.02 Å². The van der Waals surface area contributed by atoms with Crippen molar-refractivity contribution in [2.75, 3.05) is 12.4 Å². The van der Waals surface area contributed by atoms with Crippen LogP contribution in [0.15, 0.2) is 60.8 Å². The monoisotopic (exact) mass is 315 g/mol. The normalized spacial score (nSPS) is 10.5. The number of rotatable bonds is 5. The summed E-state index contributed by atoms with van der Waals surface area (Å²) in [6, 6.07) is 13.4. The lowest BCUT2D eigenvalue weighted by Gasteiger charge is -2.02. The van der Waals surface area contributed by atoms with Crippen molar-refractivity contribution in [1.82, 2.24) is 0 Å². The third-order valence-electron chi connectivity index (χ3n) is 2.92. The third kappa shape index (κ3) is 4.20. The Morgan fingerprint density at radius 1 is 1.00 bits per heavy atom. The van der Waals surface area contributed by atoms with Crippen molar-refractivity contribution >= 4 is 29.0 Å². The largest absolute Gasteiger partial charge is 0.465 e. The highest BCUT2D eigenvalue weighted by Gasteiger charge is 2.04. The predicted octanol–water partition coefficient (Wildman–Crippen LogP) is 3.94. The molecular weight excluding hydrogens is 302 g/mol. The third-order valence-corrected chi connectivity index (χ3v) is 3.17. The first-order valence-corrected chi connectivity index (χ1v) is 6.89. The predicted molar refractivity (Wildman–Crippen MR) is 86.3 cm³/mol. The summed E-state index contributed by atoms with van der Waals surface area (Å²) in [5.41, 5.74) is 1.78. The molecule has 1 N–H and O–H groups in total. The van der Waals surface area contributed by atoms with E-state index in [1.165, 1.54) is 13.2 Å². The van der Waals surface area contributed by atoms with Crippen molar-refractivity contribution < 1.29 is 14.3 Å². The molecule has 0 aliphatic heterocycles. The molecule has 0 bridgehead atoms. The van der Waals surface area contributed by atoms with E-state index >= 15 is 0 Å². The SMILES string of the molecule is COC(=O)c1ccc(NC=CC(=O)c2ccc(Cl)cc2)cc1. The number of carbonyl (C=O) groups excluding carboxylic acids is 2. The lowest BCUT2D eigenvalue weighted by molar-refractivity contribution is 0.0600. The van der Waals surface area contributed by atoms with E-state index in [1.807, 2.05) is 0 Å². The van der Waals surface area contributed by atoms with E-state index in [1.54, 1.807) is 54.7 Å². The van der Waals surface area contributed by atoms with E-state index < -0.39 is 0 Å². The van der Waals surface area contributed by atoms with Gasteiger partial charge in [-0.25, -0.2) is 4.79 Å². The van der Waals surface area contributed by atoms with Crippen LogP contribution in [0.25, 0.3) is 0 Å². The molecule has 2 rings (SSSR count). The summed E-state index contributed by atoms with van der Waals surface area (Å²) in [7, 11) is 1.33. The van der Waals surface area contributed by atoms with Crippen molar-refractivity contribution in [3.63, 3.8) is 0 Å². The summed E-state index contributed by atoms with van der Waals surface area (Å²) in [6.45, 7) is 0. The van der Waals surface area contributed by atoms with Crippen LogP contribution in [0.5, 0.6) is 0 Å². The van der Waals surface area contributed by atoms with Crippen molar-refractivity contribution in [2.45, 2.75) is 0 Å². The zero-order valence-corrected chi connectivity index (χ0v) is 12.6. The first kappa shape index (κ1) is 15.8. The standard InChI is InChI=1S/C17H14ClNO3/c1-22-17(21)13-4-8-15(9-5-13)19-11-10-16(20)12-2-6-14(18)7-3-12/h2-11,19H,1H3. The molecule has 0 atom stereocenters. The fraction of sp³-hybridized carbons (Fsp3) is 0.0588. The van der Waals surface area contributed by atoms with Crippen molar-refractivity contribution in [2.24, 2.45) is 0 Å². The molecule has 0 amide bonds. The molecule has 0 saturated carbocycles. The molecule has 0 saturated heterocycles. The van der Waals surface area contributed by atoms with Crippen LogP contribution in [0.4, 0.5) is 5.69 Å². The number of hydrogen-bond acceptors (Lipinski definition) is 4. The molecule has 112 valence electrons. The van der Waals surface area contributed by atoms with Crippen LogP contribution in [0, 0.1) is 0 Å². The molecule has 2 aromatic rings. The number of ketones is 1. The van der Waals surface area contributed by atoms with Crippen LogP contribution >= 0.6 is 11.6 Å². The Morgan fingerprint density at radius 2 is 1.59 bits per heavy atom. The Morgan fingerprint density at radius 3 is 2.18 bits per heavy atom. The van der Waals surface area contributed by atoms with E-state index in [2.05, 4.69) is 10.1 Å². The molecule has 0 unspecified atom stereocenters. The molecule has 4 nitrogen and oxygen atoms in total. The number of methoxy groups -OCH3 is 1. The zero-order chi connectivity index (χ0) is 15.9. The molecule has 0 aromatic heterocycles. The molecule has 2 aromatic carbocycles. The first-order valence-electron chi connectivity index (χ1n) is 6.51. The van der Waals surface area contributed by atoms with Gasteiger partial charge in [0.15, 0.2) is 5.78 Å². The van der Waals surface area contributed by atoms with Crippen LogP contribution in [0.1, 0.15) is 20.7 Å². The average Bonchev–Trinajstić information content (AvgIpc) is 2.55. The maximum Gasteiger partial charge on any atom is 0.337 e. The van der Waals surface area contributed by atoms with Gasteiger partial charge in [0, 0.05) is 28.5 Å². The number of esters is 1. The van der Waals surface area contributed by atoms with Gasteiger partial charge in [0.2, 0.25) is 0 Å². The number of halogens is 1. The molecular formula is C17H14ClNO3. The minimum atomic E-state index is -0.389. The van der Waals surface area contributed by atoms with Crippen LogP contribution in [0.3, 0.4) is 0 Å². The van der Waals surface area contributed by atoms with E-state index in [9.17, 15) is 9.59 Å². The lowest BCUT2D eigenvalue weighted by atomic mass is 10.1. The Bertz CT molecular complexity index is 691. The summed E-state index contributed by atoms with van der Waals surface area (Å²) < 4.78 is 4.62. The summed E-state index contributed by atoms with van der Waals surface area (Å²) in [6.07, 6.45) is 2.97. The number of ether oxygens (including phenoxy) is 1. The number of anilines is 1. The van der Waals surface area contributed by atoms with Crippen LogP contribution in [-0.4, -0.2) is 18.9 Å². The van der Waals surface area contributed by atoms with E-state index in [0.29, 0.717) is 16.1 Å². The van der Waals surface area contributed by atoms with Crippen molar-refractivity contribution in [3.05, 3.63) is 77.0 Å². The highest BCUT2D eigenvalue weighted by molar-refractivity contribution is 6.30. The first-order chi connectivity index (χ1) is 10.6. The van der Waals surface area contributed by atoms with Gasteiger partial charge in [-0.05, 0) is 48.5 Å². The number of hydrogen-bond donors (Lipinski definition) is 1. The Labute approximate surface area is 133 Å². The minimum absolute atomic E-state index is 0.129. The quantitative estimate of drug-likeness (QED) is 0.516. The van der Waals surface area contributed by atoms with Crippen LogP contribution in [-0.2, 0) is 4.74 Å². The molecule has 22 heavy (non-hydrogen) atoms. The Kier molecular flexibility index (Phi) is 5.33. The zero-order valence-electron chi connectivity index (χ0n) is 11.9. The van der Waals surface area contributed by atoms with Gasteiger partial charge in [0.1, 0.15) is 0 Å². The molecule has 0 fully saturated rings. The maximum atomic E-state index is 11.9. The fourth-order valence-corrected chi connectivity index (χ4v) is 1.87. The van der Waals surface area contributed by atoms with Gasteiger partial charge in [0.25, 0.3) is 0 Å². The Hall–Kier alpha value is -2.59. The van der Waals surface area contributed by atoms with Gasteiger partial charge < -0.3 is 10.1 Å². The molecule has 0 spiro atoms. The van der Waals surface area contributed by atoms with Crippen molar-refractivity contribution in [3.8, 4) is 0 Å². The summed E-state index contributed by atoms with van der Waals surface area (Å²) in [5, 5.41) is 3.55. The van der Waals surface area contributed by atoms with Gasteiger partial charge in [-0.3, -0.25) is 4.79 Å². The lowest BCUT2D eigenvalue weighted by Crippen LogP contribution is -2.01. The molecule has 0 radical (unpaired) electrons. The number of allylic oxidation sites excluding steroid dienone is 1. The highest BCUT2D eigenvalue weighted by Crippen LogP contribution is 2.12. The van der Waals surface area contributed by atoms with Gasteiger partial charge in [0.05, 0.1) is 12.7 Å². The average molecular weight is 316 g/mol. The molecule has 0 heterocycles. The molecule has 0 aliphatic rings. The second-order valence-electron chi connectivity index (χ2n) is 4.42. The molecule has 5 heteroatoms. The molecule has 0 aliphatic carbocycles. The number of nitrogens with one attached hydrogen (secondary N) is 1. The maximum absolute atomic E-state index is 11.9. The Balaban J connectivity index is 1.95. The van der Waals surface area contributed by atoms with Gasteiger partial charge in [-0.1, -0.05) is 11.6 Å². The van der Waals surface area contributed by atoms with E-state index in [4.69, 9.17) is 11.6 Å². The van der Waals surface area contributed by atoms with Crippen molar-refractivity contribution in [1.29, 1.82) is 0 Å². The smallest absolute Gasteiger partial charge is 0.337 e. The van der Waals surface area contributed by atoms with Gasteiger partial charge in [-0.2, -0.15) is 0 Å². The second-order valence-corrected chi connectivity index (χ2v) is 4.85. The van der Waals surface area contributed by atoms with E-state index in [-0.39, 0.29) is 11.8 Å². The summed E-state index contributed by atoms with van der Waals surface area (Å²) in [4.78, 5) is 23.2.